The van der Waals surface area contributed by atoms with E-state index in [-0.39, 0.29) is 11.6 Å². The van der Waals surface area contributed by atoms with E-state index in [2.05, 4.69) is 35.9 Å². The summed E-state index contributed by atoms with van der Waals surface area (Å²) in [4.78, 5) is 2.52. The van der Waals surface area contributed by atoms with Crippen LogP contribution in [0.1, 0.15) is 39.7 Å². The fourth-order valence-electron chi connectivity index (χ4n) is 4.52. The largest absolute Gasteiger partial charge is 0.457 e. The highest BCUT2D eigenvalue weighted by molar-refractivity contribution is 5.99. The van der Waals surface area contributed by atoms with Crippen molar-refractivity contribution >= 4 is 16.7 Å². The van der Waals surface area contributed by atoms with Gasteiger partial charge in [-0.1, -0.05) is 18.2 Å². The molecule has 1 atom stereocenters. The number of nitrogen functional groups attached to an aromatic ring is 1. The maximum absolute atomic E-state index is 6.37. The monoisotopic (exact) mass is 442 g/mol. The van der Waals surface area contributed by atoms with Crippen LogP contribution < -0.4 is 10.5 Å². The van der Waals surface area contributed by atoms with Crippen LogP contribution in [0, 0.1) is 0 Å². The number of benzene rings is 2. The Kier molecular flexibility index (Phi) is 5.50. The number of rotatable bonds is 4. The summed E-state index contributed by atoms with van der Waals surface area (Å²) in [6.45, 7) is 8.82. The lowest BCUT2D eigenvalue weighted by atomic mass is 9.98. The van der Waals surface area contributed by atoms with Gasteiger partial charge in [0.2, 0.25) is 0 Å². The van der Waals surface area contributed by atoms with Crippen molar-refractivity contribution in [3.8, 4) is 22.8 Å². The normalized spacial score (nSPS) is 17.4. The van der Waals surface area contributed by atoms with Crippen molar-refractivity contribution in [1.82, 2.24) is 24.9 Å². The number of hydrogen-bond donors (Lipinski definition) is 1. The Hall–Kier alpha value is -3.45. The van der Waals surface area contributed by atoms with E-state index < -0.39 is 0 Å². The first-order valence-electron chi connectivity index (χ1n) is 11.5. The summed E-state index contributed by atoms with van der Waals surface area (Å²) in [5, 5.41) is 14.5. The molecule has 7 nitrogen and oxygen atoms in total. The molecule has 1 aliphatic rings. The molecule has 3 heterocycles. The van der Waals surface area contributed by atoms with E-state index in [4.69, 9.17) is 15.6 Å². The SMILES string of the molecule is CC(C)(C)N1CCCC(n2nc(-c3ccc(Oc4ccccc4)cc3)c3c(N)cnnc32)C1. The first-order valence-corrected chi connectivity index (χ1v) is 11.5. The van der Waals surface area contributed by atoms with E-state index in [1.54, 1.807) is 6.20 Å². The summed E-state index contributed by atoms with van der Waals surface area (Å²) in [5.74, 6) is 1.58. The third-order valence-electron chi connectivity index (χ3n) is 6.32. The Morgan fingerprint density at radius 1 is 1.00 bits per heavy atom. The van der Waals surface area contributed by atoms with Crippen LogP contribution in [-0.4, -0.2) is 43.5 Å². The van der Waals surface area contributed by atoms with E-state index in [0.717, 1.165) is 59.7 Å². The topological polar surface area (TPSA) is 82.1 Å². The van der Waals surface area contributed by atoms with Crippen LogP contribution in [0.5, 0.6) is 11.5 Å². The van der Waals surface area contributed by atoms with Gasteiger partial charge >= 0.3 is 0 Å². The molecule has 33 heavy (non-hydrogen) atoms. The van der Waals surface area contributed by atoms with E-state index in [1.165, 1.54) is 0 Å². The fraction of sp³-hybridized carbons (Fsp3) is 0.346. The summed E-state index contributed by atoms with van der Waals surface area (Å²) in [5.41, 5.74) is 9.63. The van der Waals surface area contributed by atoms with Gasteiger partial charge in [0.05, 0.1) is 23.3 Å². The van der Waals surface area contributed by atoms with Gasteiger partial charge in [0.1, 0.15) is 17.2 Å². The van der Waals surface area contributed by atoms with E-state index in [1.807, 2.05) is 59.3 Å². The van der Waals surface area contributed by atoms with E-state index in [9.17, 15) is 0 Å². The zero-order chi connectivity index (χ0) is 23.0. The van der Waals surface area contributed by atoms with Gasteiger partial charge in [0, 0.05) is 17.6 Å². The number of para-hydroxylation sites is 1. The van der Waals surface area contributed by atoms with Crippen LogP contribution in [0.2, 0.25) is 0 Å². The Morgan fingerprint density at radius 3 is 2.45 bits per heavy atom. The smallest absolute Gasteiger partial charge is 0.183 e. The van der Waals surface area contributed by atoms with Gasteiger partial charge in [-0.25, -0.2) is 4.68 Å². The first-order chi connectivity index (χ1) is 15.9. The summed E-state index contributed by atoms with van der Waals surface area (Å²) in [6, 6.07) is 17.9. The molecule has 170 valence electrons. The van der Waals surface area contributed by atoms with Gasteiger partial charge in [-0.3, -0.25) is 4.90 Å². The molecule has 1 aliphatic heterocycles. The van der Waals surface area contributed by atoms with Gasteiger partial charge < -0.3 is 10.5 Å². The predicted molar refractivity (Wildman–Crippen MR) is 131 cm³/mol. The summed E-state index contributed by atoms with van der Waals surface area (Å²) in [6.07, 6.45) is 3.79. The number of likely N-dealkylation sites (tertiary alicyclic amines) is 1. The zero-order valence-electron chi connectivity index (χ0n) is 19.4. The molecule has 1 unspecified atom stereocenters. The molecule has 4 aromatic rings. The highest BCUT2D eigenvalue weighted by atomic mass is 16.5. The van der Waals surface area contributed by atoms with Gasteiger partial charge in [-0.15, -0.1) is 5.10 Å². The fourth-order valence-corrected chi connectivity index (χ4v) is 4.52. The zero-order valence-corrected chi connectivity index (χ0v) is 19.4. The number of fused-ring (bicyclic) bond motifs is 1. The lowest BCUT2D eigenvalue weighted by molar-refractivity contribution is 0.0797. The molecule has 0 spiro atoms. The van der Waals surface area contributed by atoms with Crippen molar-refractivity contribution in [2.24, 2.45) is 0 Å². The van der Waals surface area contributed by atoms with E-state index >= 15 is 0 Å². The molecule has 0 aliphatic carbocycles. The summed E-state index contributed by atoms with van der Waals surface area (Å²) < 4.78 is 7.99. The average molecular weight is 443 g/mol. The minimum atomic E-state index is 0.115. The number of hydrogen-bond acceptors (Lipinski definition) is 6. The van der Waals surface area contributed by atoms with Crippen LogP contribution in [-0.2, 0) is 0 Å². The minimum Gasteiger partial charge on any atom is -0.457 e. The molecule has 5 rings (SSSR count). The Bertz CT molecular complexity index is 1240. The lowest BCUT2D eigenvalue weighted by Gasteiger charge is -2.41. The van der Waals surface area contributed by atoms with Crippen molar-refractivity contribution < 1.29 is 4.74 Å². The van der Waals surface area contributed by atoms with Crippen molar-refractivity contribution in [2.75, 3.05) is 18.8 Å². The minimum absolute atomic E-state index is 0.115. The van der Waals surface area contributed by atoms with Crippen molar-refractivity contribution in [2.45, 2.75) is 45.2 Å². The summed E-state index contributed by atoms with van der Waals surface area (Å²) in [7, 11) is 0. The second-order valence-electron chi connectivity index (χ2n) is 9.64. The molecular weight excluding hydrogens is 412 g/mol. The molecule has 1 saturated heterocycles. The van der Waals surface area contributed by atoms with Crippen LogP contribution in [0.15, 0.2) is 60.8 Å². The quantitative estimate of drug-likeness (QED) is 0.462. The number of piperidine rings is 1. The van der Waals surface area contributed by atoms with Gasteiger partial charge in [-0.2, -0.15) is 10.2 Å². The Balaban J connectivity index is 1.50. The molecule has 2 N–H and O–H groups in total. The highest BCUT2D eigenvalue weighted by Gasteiger charge is 2.31. The van der Waals surface area contributed by atoms with E-state index in [0.29, 0.717) is 5.69 Å². The molecule has 0 radical (unpaired) electrons. The number of nitrogens with zero attached hydrogens (tertiary/aromatic N) is 5. The molecule has 0 bridgehead atoms. The third-order valence-corrected chi connectivity index (χ3v) is 6.32. The van der Waals surface area contributed by atoms with Crippen LogP contribution >= 0.6 is 0 Å². The Labute approximate surface area is 194 Å². The highest BCUT2D eigenvalue weighted by Crippen LogP contribution is 2.36. The molecule has 0 saturated carbocycles. The molecule has 2 aromatic carbocycles. The van der Waals surface area contributed by atoms with Crippen molar-refractivity contribution in [3.63, 3.8) is 0 Å². The first kappa shape index (κ1) is 21.4. The third kappa shape index (κ3) is 4.28. The second kappa shape index (κ2) is 8.48. The lowest BCUT2D eigenvalue weighted by Crippen LogP contribution is -2.47. The molecule has 0 amide bonds. The maximum atomic E-state index is 6.37. The molecular formula is C26H30N6O. The number of anilines is 1. The van der Waals surface area contributed by atoms with Gasteiger partial charge in [0.15, 0.2) is 5.65 Å². The number of aromatic nitrogens is 4. The Morgan fingerprint density at radius 2 is 1.73 bits per heavy atom. The number of nitrogens with two attached hydrogens (primary N) is 1. The number of ether oxygens (including phenoxy) is 1. The van der Waals surface area contributed by atoms with Crippen LogP contribution in [0.25, 0.3) is 22.3 Å². The standard InChI is InChI=1S/C26H30N6O/c1-26(2,3)31-15-7-8-19(17-31)32-25-23(22(27)16-28-29-25)24(30-32)18-11-13-21(14-12-18)33-20-9-5-4-6-10-20/h4-6,9-14,16,19H,7-8,15,17H2,1-3H3,(H2,27,29). The van der Waals surface area contributed by atoms with Gasteiger partial charge in [0.25, 0.3) is 0 Å². The molecule has 1 fully saturated rings. The second-order valence-corrected chi connectivity index (χ2v) is 9.64. The maximum Gasteiger partial charge on any atom is 0.183 e. The molecule has 2 aromatic heterocycles. The molecule has 7 heteroatoms. The van der Waals surface area contributed by atoms with Crippen molar-refractivity contribution in [1.29, 1.82) is 0 Å². The predicted octanol–water partition coefficient (Wildman–Crippen LogP) is 5.30. The summed E-state index contributed by atoms with van der Waals surface area (Å²) >= 11 is 0. The van der Waals surface area contributed by atoms with Crippen molar-refractivity contribution in [3.05, 3.63) is 60.8 Å². The van der Waals surface area contributed by atoms with Crippen LogP contribution in [0.3, 0.4) is 0 Å². The van der Waals surface area contributed by atoms with Crippen LogP contribution in [0.4, 0.5) is 5.69 Å². The average Bonchev–Trinajstić information content (AvgIpc) is 3.21. The van der Waals surface area contributed by atoms with Gasteiger partial charge in [-0.05, 0) is 76.6 Å².